The van der Waals surface area contributed by atoms with Crippen LogP contribution in [0.2, 0.25) is 5.02 Å². The molecule has 0 aromatic heterocycles. The van der Waals surface area contributed by atoms with E-state index < -0.39 is 0 Å². The molecule has 1 rings (SSSR count). The van der Waals surface area contributed by atoms with Gasteiger partial charge in [0.25, 0.3) is 0 Å². The Hall–Kier alpha value is -1.40. The second kappa shape index (κ2) is 6.97. The minimum Gasteiger partial charge on any atom is -0.495 e. The number of halogens is 1. The van der Waals surface area contributed by atoms with E-state index in [0.29, 0.717) is 17.2 Å². The molecule has 16 heavy (non-hydrogen) atoms. The molecule has 0 aliphatic rings. The molecule has 0 saturated carbocycles. The maximum atomic E-state index is 8.38. The first kappa shape index (κ1) is 12.7. The summed E-state index contributed by atoms with van der Waals surface area (Å²) in [6.07, 6.45) is 2.53. The van der Waals surface area contributed by atoms with Gasteiger partial charge in [0.15, 0.2) is 0 Å². The summed E-state index contributed by atoms with van der Waals surface area (Å²) in [5.74, 6) is 0.670. The lowest BCUT2D eigenvalue weighted by Crippen LogP contribution is -2.01. The van der Waals surface area contributed by atoms with Crippen LogP contribution in [-0.4, -0.2) is 13.7 Å². The second-order valence-electron chi connectivity index (χ2n) is 3.39. The molecule has 0 bridgehead atoms. The number of hydrogen-bond donors (Lipinski definition) is 1. The maximum absolute atomic E-state index is 8.38. The van der Waals surface area contributed by atoms with Crippen molar-refractivity contribution >= 4 is 17.3 Å². The Morgan fingerprint density at radius 3 is 2.94 bits per heavy atom. The normalized spacial score (nSPS) is 9.56. The van der Waals surface area contributed by atoms with Gasteiger partial charge < -0.3 is 10.1 Å². The molecule has 1 N–H and O–H groups in total. The summed E-state index contributed by atoms with van der Waals surface area (Å²) in [5.41, 5.74) is 0.984. The Balaban J connectivity index is 2.40. The number of ether oxygens (including phenoxy) is 1. The van der Waals surface area contributed by atoms with Gasteiger partial charge in [0.05, 0.1) is 18.2 Å². The summed E-state index contributed by atoms with van der Waals surface area (Å²) in [6.45, 7) is 0.854. The molecule has 0 aliphatic heterocycles. The zero-order chi connectivity index (χ0) is 11.8. The molecule has 0 aliphatic carbocycles. The SMILES string of the molecule is COc1cc(NCCCCC#N)ccc1Cl. The van der Waals surface area contributed by atoms with Gasteiger partial charge in [-0.05, 0) is 25.0 Å². The fourth-order valence-corrected chi connectivity index (χ4v) is 1.53. The highest BCUT2D eigenvalue weighted by molar-refractivity contribution is 6.32. The van der Waals surface area contributed by atoms with Crippen LogP contribution in [0.1, 0.15) is 19.3 Å². The number of hydrogen-bond acceptors (Lipinski definition) is 3. The first-order chi connectivity index (χ1) is 7.77. The molecule has 0 saturated heterocycles. The maximum Gasteiger partial charge on any atom is 0.139 e. The van der Waals surface area contributed by atoms with E-state index in [1.54, 1.807) is 13.2 Å². The average Bonchev–Trinajstić information content (AvgIpc) is 2.31. The number of rotatable bonds is 6. The number of nitrogens with zero attached hydrogens (tertiary/aromatic N) is 1. The fraction of sp³-hybridized carbons (Fsp3) is 0.417. The number of anilines is 1. The minimum atomic E-state index is 0.609. The zero-order valence-electron chi connectivity index (χ0n) is 9.29. The van der Waals surface area contributed by atoms with E-state index in [1.165, 1.54) is 0 Å². The standard InChI is InChI=1S/C12H15ClN2O/c1-16-12-9-10(5-6-11(12)13)15-8-4-2-3-7-14/h5-6,9,15H,2-4,8H2,1H3. The van der Waals surface area contributed by atoms with Crippen molar-refractivity contribution in [2.45, 2.75) is 19.3 Å². The largest absolute Gasteiger partial charge is 0.495 e. The average molecular weight is 239 g/mol. The molecule has 0 spiro atoms. The van der Waals surface area contributed by atoms with Gasteiger partial charge in [-0.15, -0.1) is 0 Å². The third-order valence-electron chi connectivity index (χ3n) is 2.20. The first-order valence-corrected chi connectivity index (χ1v) is 5.60. The molecule has 0 unspecified atom stereocenters. The van der Waals surface area contributed by atoms with E-state index in [0.717, 1.165) is 25.1 Å². The van der Waals surface area contributed by atoms with Gasteiger partial charge in [-0.3, -0.25) is 0 Å². The molecule has 0 fully saturated rings. The molecule has 1 aromatic carbocycles. The van der Waals surface area contributed by atoms with E-state index in [-0.39, 0.29) is 0 Å². The van der Waals surface area contributed by atoms with Crippen molar-refractivity contribution in [3.8, 4) is 11.8 Å². The smallest absolute Gasteiger partial charge is 0.139 e. The number of nitriles is 1. The molecule has 0 atom stereocenters. The van der Waals surface area contributed by atoms with Crippen LogP contribution in [-0.2, 0) is 0 Å². The predicted octanol–water partition coefficient (Wildman–Crippen LogP) is 3.45. The van der Waals surface area contributed by atoms with Gasteiger partial charge >= 0.3 is 0 Å². The Bertz CT molecular complexity index is 374. The molecule has 0 amide bonds. The van der Waals surface area contributed by atoms with Crippen molar-refractivity contribution in [2.24, 2.45) is 0 Å². The Kier molecular flexibility index (Phi) is 5.52. The van der Waals surface area contributed by atoms with Crippen LogP contribution in [0.3, 0.4) is 0 Å². The summed E-state index contributed by atoms with van der Waals surface area (Å²) < 4.78 is 5.12. The van der Waals surface area contributed by atoms with Crippen molar-refractivity contribution in [3.05, 3.63) is 23.2 Å². The Morgan fingerprint density at radius 1 is 1.44 bits per heavy atom. The van der Waals surface area contributed by atoms with Gasteiger partial charge in [0.2, 0.25) is 0 Å². The summed E-state index contributed by atoms with van der Waals surface area (Å²) in [5, 5.41) is 12.2. The molecule has 4 heteroatoms. The van der Waals surface area contributed by atoms with Gasteiger partial charge in [-0.25, -0.2) is 0 Å². The summed E-state index contributed by atoms with van der Waals surface area (Å²) in [7, 11) is 1.60. The number of unbranched alkanes of at least 4 members (excludes halogenated alkanes) is 2. The molecular weight excluding hydrogens is 224 g/mol. The van der Waals surface area contributed by atoms with Crippen LogP contribution in [0, 0.1) is 11.3 Å². The molecule has 86 valence electrons. The molecule has 3 nitrogen and oxygen atoms in total. The van der Waals surface area contributed by atoms with Crippen molar-refractivity contribution in [2.75, 3.05) is 19.0 Å². The Labute approximate surface area is 101 Å². The monoisotopic (exact) mass is 238 g/mol. The van der Waals surface area contributed by atoms with E-state index in [4.69, 9.17) is 21.6 Å². The van der Waals surface area contributed by atoms with Gasteiger partial charge in [-0.1, -0.05) is 11.6 Å². The van der Waals surface area contributed by atoms with E-state index >= 15 is 0 Å². The van der Waals surface area contributed by atoms with Crippen LogP contribution in [0.15, 0.2) is 18.2 Å². The van der Waals surface area contributed by atoms with Crippen molar-refractivity contribution in [1.29, 1.82) is 5.26 Å². The van der Waals surface area contributed by atoms with Gasteiger partial charge in [-0.2, -0.15) is 5.26 Å². The highest BCUT2D eigenvalue weighted by Gasteiger charge is 2.00. The fourth-order valence-electron chi connectivity index (χ4n) is 1.33. The third-order valence-corrected chi connectivity index (χ3v) is 2.51. The number of nitrogens with one attached hydrogen (secondary N) is 1. The molecule has 0 radical (unpaired) electrons. The Morgan fingerprint density at radius 2 is 2.25 bits per heavy atom. The highest BCUT2D eigenvalue weighted by Crippen LogP contribution is 2.27. The van der Waals surface area contributed by atoms with Crippen LogP contribution in [0.25, 0.3) is 0 Å². The summed E-state index contributed by atoms with van der Waals surface area (Å²) >= 11 is 5.91. The third kappa shape index (κ3) is 4.00. The highest BCUT2D eigenvalue weighted by atomic mass is 35.5. The molecule has 0 heterocycles. The van der Waals surface area contributed by atoms with Crippen molar-refractivity contribution in [1.82, 2.24) is 0 Å². The van der Waals surface area contributed by atoms with Crippen molar-refractivity contribution < 1.29 is 4.74 Å². The molecular formula is C12H15ClN2O. The number of benzene rings is 1. The minimum absolute atomic E-state index is 0.609. The predicted molar refractivity (Wildman–Crippen MR) is 66.0 cm³/mol. The van der Waals surface area contributed by atoms with Crippen LogP contribution in [0.5, 0.6) is 5.75 Å². The van der Waals surface area contributed by atoms with E-state index in [1.807, 2.05) is 12.1 Å². The second-order valence-corrected chi connectivity index (χ2v) is 3.80. The van der Waals surface area contributed by atoms with Gasteiger partial charge in [0, 0.05) is 24.7 Å². The first-order valence-electron chi connectivity index (χ1n) is 5.22. The summed E-state index contributed by atoms with van der Waals surface area (Å²) in [4.78, 5) is 0. The van der Waals surface area contributed by atoms with E-state index in [9.17, 15) is 0 Å². The molecule has 1 aromatic rings. The van der Waals surface area contributed by atoms with Gasteiger partial charge in [0.1, 0.15) is 5.75 Å². The zero-order valence-corrected chi connectivity index (χ0v) is 10.0. The van der Waals surface area contributed by atoms with Crippen LogP contribution >= 0.6 is 11.6 Å². The van der Waals surface area contributed by atoms with Crippen LogP contribution < -0.4 is 10.1 Å². The lowest BCUT2D eigenvalue weighted by molar-refractivity contribution is 0.415. The lowest BCUT2D eigenvalue weighted by Gasteiger charge is -2.08. The quantitative estimate of drug-likeness (QED) is 0.772. The summed E-state index contributed by atoms with van der Waals surface area (Å²) in [6, 6.07) is 7.71. The van der Waals surface area contributed by atoms with E-state index in [2.05, 4.69) is 11.4 Å². The number of methoxy groups -OCH3 is 1. The van der Waals surface area contributed by atoms with Crippen LogP contribution in [0.4, 0.5) is 5.69 Å². The van der Waals surface area contributed by atoms with Crippen molar-refractivity contribution in [3.63, 3.8) is 0 Å². The lowest BCUT2D eigenvalue weighted by atomic mass is 10.2. The topological polar surface area (TPSA) is 45.0 Å².